The summed E-state index contributed by atoms with van der Waals surface area (Å²) in [4.78, 5) is 67.2. The number of ketones is 1. The smallest absolute Gasteiger partial charge is 0.338 e. The van der Waals surface area contributed by atoms with Gasteiger partial charge in [-0.3, -0.25) is 24.7 Å². The predicted octanol–water partition coefficient (Wildman–Crippen LogP) is 5.46. The molecule has 1 fully saturated rings. The summed E-state index contributed by atoms with van der Waals surface area (Å²) in [5, 5.41) is 8.34. The van der Waals surface area contributed by atoms with Crippen molar-refractivity contribution < 1.29 is 47.7 Å². The maximum Gasteiger partial charge on any atom is 0.338 e. The Bertz CT molecular complexity index is 1720. The number of alkyl halides is 3. The SMILES string of the molecule is CC(=O)CCC(=O)OC1C(COCc2ccccc2)OC(OC(=N)C(Cl)(Cl)Cl)C(N2C(=O)c3ccccc3C2=O)C1OC(=O)c1ccccc1. The van der Waals surface area contributed by atoms with Crippen LogP contribution < -0.4 is 0 Å². The molecule has 15 heteroatoms. The van der Waals surface area contributed by atoms with Gasteiger partial charge in [-0.25, -0.2) is 4.79 Å². The van der Waals surface area contributed by atoms with Crippen molar-refractivity contribution in [1.29, 1.82) is 5.41 Å². The number of fused-ring (bicyclic) bond motifs is 1. The summed E-state index contributed by atoms with van der Waals surface area (Å²) in [7, 11) is 0. The average molecular weight is 746 g/mol. The molecular formula is C35H31Cl3N2O10. The van der Waals surface area contributed by atoms with Crippen molar-refractivity contribution >= 4 is 70.2 Å². The van der Waals surface area contributed by atoms with E-state index in [0.717, 1.165) is 10.5 Å². The van der Waals surface area contributed by atoms with Crippen molar-refractivity contribution in [3.8, 4) is 0 Å². The van der Waals surface area contributed by atoms with Crippen LogP contribution in [-0.2, 0) is 39.9 Å². The highest BCUT2D eigenvalue weighted by Gasteiger charge is 2.58. The maximum absolute atomic E-state index is 13.9. The van der Waals surface area contributed by atoms with Crippen LogP contribution in [0, 0.1) is 5.41 Å². The van der Waals surface area contributed by atoms with Gasteiger partial charge in [0.05, 0.1) is 36.3 Å². The second-order valence-electron chi connectivity index (χ2n) is 11.4. The molecule has 0 radical (unpaired) electrons. The zero-order valence-corrected chi connectivity index (χ0v) is 28.7. The minimum absolute atomic E-state index is 0.0316. The lowest BCUT2D eigenvalue weighted by Gasteiger charge is -2.47. The minimum Gasteiger partial charge on any atom is -0.455 e. The van der Waals surface area contributed by atoms with E-state index in [1.807, 2.05) is 30.3 Å². The highest BCUT2D eigenvalue weighted by atomic mass is 35.6. The summed E-state index contributed by atoms with van der Waals surface area (Å²) < 4.78 is 27.3. The van der Waals surface area contributed by atoms with Crippen molar-refractivity contribution in [1.82, 2.24) is 4.90 Å². The van der Waals surface area contributed by atoms with Crippen molar-refractivity contribution in [3.63, 3.8) is 0 Å². The quantitative estimate of drug-likeness (QED) is 0.0830. The highest BCUT2D eigenvalue weighted by molar-refractivity contribution is 6.76. The van der Waals surface area contributed by atoms with E-state index in [2.05, 4.69) is 0 Å². The summed E-state index contributed by atoms with van der Waals surface area (Å²) in [5.74, 6) is -4.62. The monoisotopic (exact) mass is 744 g/mol. The topological polar surface area (TPSA) is 159 Å². The third-order valence-electron chi connectivity index (χ3n) is 7.82. The number of nitrogens with zero attached hydrogens (tertiary/aromatic N) is 1. The average Bonchev–Trinajstić information content (AvgIpc) is 3.34. The number of halogens is 3. The summed E-state index contributed by atoms with van der Waals surface area (Å²) in [6.45, 7) is 1.08. The minimum atomic E-state index is -2.42. The number of nitrogens with one attached hydrogen (secondary N) is 1. The molecule has 1 saturated heterocycles. The van der Waals surface area contributed by atoms with E-state index in [1.165, 1.54) is 31.2 Å². The molecule has 0 bridgehead atoms. The first-order chi connectivity index (χ1) is 23.8. The van der Waals surface area contributed by atoms with Gasteiger partial charge in [0.25, 0.3) is 15.6 Å². The fourth-order valence-corrected chi connectivity index (χ4v) is 5.59. The molecule has 2 heterocycles. The Morgan fingerprint density at radius 3 is 1.96 bits per heavy atom. The van der Waals surface area contributed by atoms with Gasteiger partial charge >= 0.3 is 11.9 Å². The largest absolute Gasteiger partial charge is 0.455 e. The Balaban J connectivity index is 1.60. The molecule has 3 aromatic carbocycles. The second-order valence-corrected chi connectivity index (χ2v) is 13.7. The van der Waals surface area contributed by atoms with Gasteiger partial charge in [-0.15, -0.1) is 0 Å². The number of hydrogen-bond donors (Lipinski definition) is 1. The summed E-state index contributed by atoms with van der Waals surface area (Å²) in [6, 6.07) is 21.2. The molecule has 5 rings (SSSR count). The molecule has 2 aliphatic rings. The van der Waals surface area contributed by atoms with E-state index in [9.17, 15) is 24.0 Å². The van der Waals surface area contributed by atoms with Gasteiger partial charge in [-0.05, 0) is 36.8 Å². The summed E-state index contributed by atoms with van der Waals surface area (Å²) in [5.41, 5.74) is 0.943. The number of rotatable bonds is 12. The van der Waals surface area contributed by atoms with Crippen LogP contribution in [0.2, 0.25) is 0 Å². The number of hydrogen-bond acceptors (Lipinski definition) is 11. The number of ether oxygens (including phenoxy) is 5. The number of benzene rings is 3. The highest BCUT2D eigenvalue weighted by Crippen LogP contribution is 2.38. The third kappa shape index (κ3) is 8.69. The molecule has 0 saturated carbocycles. The molecule has 12 nitrogen and oxygen atoms in total. The molecule has 5 unspecified atom stereocenters. The van der Waals surface area contributed by atoms with Gasteiger partial charge in [0.2, 0.25) is 12.2 Å². The van der Waals surface area contributed by atoms with Crippen LogP contribution in [0.3, 0.4) is 0 Å². The first-order valence-corrected chi connectivity index (χ1v) is 16.5. The Morgan fingerprint density at radius 1 is 0.800 bits per heavy atom. The van der Waals surface area contributed by atoms with Gasteiger partial charge in [0.15, 0.2) is 12.2 Å². The predicted molar refractivity (Wildman–Crippen MR) is 180 cm³/mol. The lowest BCUT2D eigenvalue weighted by atomic mass is 9.94. The van der Waals surface area contributed by atoms with Crippen LogP contribution in [-0.4, -0.2) is 81.4 Å². The molecule has 5 atom stereocenters. The molecule has 0 aliphatic carbocycles. The van der Waals surface area contributed by atoms with Gasteiger partial charge < -0.3 is 28.5 Å². The molecule has 0 spiro atoms. The fraction of sp³-hybridized carbons (Fsp3) is 0.314. The maximum atomic E-state index is 13.9. The van der Waals surface area contributed by atoms with Crippen molar-refractivity contribution in [2.24, 2.45) is 0 Å². The summed E-state index contributed by atoms with van der Waals surface area (Å²) >= 11 is 17.9. The van der Waals surface area contributed by atoms with E-state index in [0.29, 0.717) is 0 Å². The number of carbonyl (C=O) groups excluding carboxylic acids is 5. The molecule has 3 aromatic rings. The summed E-state index contributed by atoms with van der Waals surface area (Å²) in [6.07, 6.45) is -6.85. The standard InChI is InChI=1S/C35H31Cl3N2O10/c1-20(41)16-17-26(42)48-28-25(19-46-18-21-10-4-2-5-11-21)47-33(50-34(39)35(36,37)38)27(29(28)49-32(45)22-12-6-3-7-13-22)40-30(43)23-14-8-9-15-24(23)31(40)44/h2-15,25,27-29,33,39H,16-19H2,1H3. The number of imide groups is 1. The lowest BCUT2D eigenvalue weighted by molar-refractivity contribution is -0.266. The molecule has 1 N–H and O–H groups in total. The first-order valence-electron chi connectivity index (χ1n) is 15.4. The number of amides is 2. The van der Waals surface area contributed by atoms with E-state index >= 15 is 0 Å². The van der Waals surface area contributed by atoms with Gasteiger partial charge in [-0.1, -0.05) is 95.5 Å². The van der Waals surface area contributed by atoms with Gasteiger partial charge in [0.1, 0.15) is 17.9 Å². The fourth-order valence-electron chi connectivity index (χ4n) is 5.45. The Morgan fingerprint density at radius 2 is 1.38 bits per heavy atom. The Labute approximate surface area is 301 Å². The Hall–Kier alpha value is -4.33. The first kappa shape index (κ1) is 36.9. The van der Waals surface area contributed by atoms with Crippen LogP contribution in [0.5, 0.6) is 0 Å². The zero-order chi connectivity index (χ0) is 36.0. The van der Waals surface area contributed by atoms with Crippen LogP contribution >= 0.6 is 34.8 Å². The van der Waals surface area contributed by atoms with Crippen LogP contribution in [0.15, 0.2) is 84.9 Å². The van der Waals surface area contributed by atoms with E-state index in [4.69, 9.17) is 63.9 Å². The molecule has 50 heavy (non-hydrogen) atoms. The van der Waals surface area contributed by atoms with Gasteiger partial charge in [-0.2, -0.15) is 0 Å². The molecule has 2 aliphatic heterocycles. The van der Waals surface area contributed by atoms with E-state index < -0.39 is 64.1 Å². The van der Waals surface area contributed by atoms with E-state index in [-0.39, 0.29) is 48.5 Å². The zero-order valence-electron chi connectivity index (χ0n) is 26.5. The van der Waals surface area contributed by atoms with Crippen molar-refractivity contribution in [2.75, 3.05) is 6.61 Å². The molecule has 0 aromatic heterocycles. The van der Waals surface area contributed by atoms with Crippen molar-refractivity contribution in [3.05, 3.63) is 107 Å². The number of carbonyl (C=O) groups is 5. The van der Waals surface area contributed by atoms with Crippen LogP contribution in [0.25, 0.3) is 0 Å². The third-order valence-corrected chi connectivity index (χ3v) is 8.34. The second kappa shape index (κ2) is 16.1. The van der Waals surface area contributed by atoms with Crippen molar-refractivity contribution in [2.45, 2.75) is 60.8 Å². The van der Waals surface area contributed by atoms with Crippen LogP contribution in [0.1, 0.15) is 56.4 Å². The molecule has 2 amide bonds. The number of esters is 2. The Kier molecular flexibility index (Phi) is 11.9. The van der Waals surface area contributed by atoms with Gasteiger partial charge in [0, 0.05) is 6.42 Å². The number of Topliss-reactive ketones (excluding diaryl/α,β-unsaturated/α-hetero) is 1. The van der Waals surface area contributed by atoms with Crippen LogP contribution in [0.4, 0.5) is 0 Å². The molecule has 262 valence electrons. The van der Waals surface area contributed by atoms with E-state index in [1.54, 1.807) is 30.3 Å². The normalized spacial score (nSPS) is 21.7. The molecular weight excluding hydrogens is 715 g/mol. The lowest BCUT2D eigenvalue weighted by Crippen LogP contribution is -2.68.